The minimum atomic E-state index is -3.83. The summed E-state index contributed by atoms with van der Waals surface area (Å²) >= 11 is 3.16. The third-order valence-corrected chi connectivity index (χ3v) is 4.03. The van der Waals surface area contributed by atoms with Crippen molar-refractivity contribution in [1.82, 2.24) is 4.72 Å². The molecule has 0 spiro atoms. The topological polar surface area (TPSA) is 89.3 Å². The van der Waals surface area contributed by atoms with E-state index in [-0.39, 0.29) is 11.3 Å². The van der Waals surface area contributed by atoms with Crippen LogP contribution < -0.4 is 10.5 Å². The Kier molecular flexibility index (Phi) is 4.90. The Morgan fingerprint density at radius 2 is 2.22 bits per heavy atom. The Balaban J connectivity index is 3.01. The van der Waals surface area contributed by atoms with Gasteiger partial charge in [0.1, 0.15) is 6.04 Å². The average molecular weight is 331 g/mol. The Hall–Kier alpha value is -1.36. The Morgan fingerprint density at radius 3 is 2.72 bits per heavy atom. The molecule has 1 atom stereocenters. The molecule has 0 fully saturated rings. The number of amides is 1. The van der Waals surface area contributed by atoms with Gasteiger partial charge in [0.2, 0.25) is 15.9 Å². The summed E-state index contributed by atoms with van der Waals surface area (Å²) in [5.41, 5.74) is 5.07. The summed E-state index contributed by atoms with van der Waals surface area (Å²) in [6.45, 7) is 0. The molecule has 0 bridgehead atoms. The van der Waals surface area contributed by atoms with Crippen LogP contribution in [0, 0.1) is 12.3 Å². The van der Waals surface area contributed by atoms with Crippen molar-refractivity contribution in [2.75, 3.05) is 0 Å². The number of hydrogen-bond acceptors (Lipinski definition) is 3. The molecule has 0 aliphatic carbocycles. The first-order chi connectivity index (χ1) is 8.36. The van der Waals surface area contributed by atoms with Crippen molar-refractivity contribution in [1.29, 1.82) is 0 Å². The van der Waals surface area contributed by atoms with E-state index in [1.165, 1.54) is 12.1 Å². The first-order valence-corrected chi connectivity index (χ1v) is 7.15. The van der Waals surface area contributed by atoms with Crippen molar-refractivity contribution >= 4 is 31.9 Å². The summed E-state index contributed by atoms with van der Waals surface area (Å²) in [5, 5.41) is 0. The van der Waals surface area contributed by atoms with Gasteiger partial charge in [-0.2, -0.15) is 4.72 Å². The number of terminal acetylenes is 1. The Bertz CT molecular complexity index is 593. The lowest BCUT2D eigenvalue weighted by molar-refractivity contribution is -0.119. The van der Waals surface area contributed by atoms with Crippen molar-refractivity contribution in [3.05, 3.63) is 28.7 Å². The highest BCUT2D eigenvalue weighted by molar-refractivity contribution is 9.10. The van der Waals surface area contributed by atoms with Gasteiger partial charge in [-0.25, -0.2) is 8.42 Å². The number of halogens is 1. The van der Waals surface area contributed by atoms with Crippen LogP contribution in [0.4, 0.5) is 0 Å². The number of sulfonamides is 1. The van der Waals surface area contributed by atoms with Crippen LogP contribution in [0.1, 0.15) is 6.42 Å². The molecule has 0 unspecified atom stereocenters. The molecule has 0 heterocycles. The molecule has 0 aromatic heterocycles. The largest absolute Gasteiger partial charge is 0.368 e. The summed E-state index contributed by atoms with van der Waals surface area (Å²) in [6.07, 6.45) is 4.95. The summed E-state index contributed by atoms with van der Waals surface area (Å²) in [4.78, 5) is 11.1. The number of carbonyl (C=O) groups excluding carboxylic acids is 1. The monoisotopic (exact) mass is 330 g/mol. The predicted molar refractivity (Wildman–Crippen MR) is 70.9 cm³/mol. The third kappa shape index (κ3) is 3.84. The summed E-state index contributed by atoms with van der Waals surface area (Å²) in [6, 6.07) is 4.96. The van der Waals surface area contributed by atoms with Crippen LogP contribution in [-0.2, 0) is 14.8 Å². The first-order valence-electron chi connectivity index (χ1n) is 4.87. The molecule has 0 aliphatic rings. The number of hydrogen-bond donors (Lipinski definition) is 2. The van der Waals surface area contributed by atoms with E-state index in [9.17, 15) is 13.2 Å². The van der Waals surface area contributed by atoms with E-state index in [1.54, 1.807) is 12.1 Å². The van der Waals surface area contributed by atoms with Gasteiger partial charge in [0, 0.05) is 10.9 Å². The molecule has 3 N–H and O–H groups in total. The van der Waals surface area contributed by atoms with Crippen LogP contribution in [0.2, 0.25) is 0 Å². The quantitative estimate of drug-likeness (QED) is 0.775. The number of carbonyl (C=O) groups is 1. The number of benzene rings is 1. The van der Waals surface area contributed by atoms with Gasteiger partial charge in [0.15, 0.2) is 0 Å². The maximum absolute atomic E-state index is 12.0. The predicted octanol–water partition coefficient (Wildman–Crippen LogP) is 0.605. The van der Waals surface area contributed by atoms with Crippen molar-refractivity contribution in [3.63, 3.8) is 0 Å². The minimum absolute atomic E-state index is 0.0279. The number of rotatable bonds is 5. The molecule has 1 amide bonds. The molecule has 0 saturated carbocycles. The van der Waals surface area contributed by atoms with E-state index >= 15 is 0 Å². The van der Waals surface area contributed by atoms with E-state index in [0.717, 1.165) is 0 Å². The molecule has 0 radical (unpaired) electrons. The van der Waals surface area contributed by atoms with E-state index < -0.39 is 22.0 Å². The zero-order valence-electron chi connectivity index (χ0n) is 9.26. The fraction of sp³-hybridized carbons (Fsp3) is 0.182. The van der Waals surface area contributed by atoms with Crippen molar-refractivity contribution in [3.8, 4) is 12.3 Å². The number of primary amides is 1. The molecule has 1 rings (SSSR count). The van der Waals surface area contributed by atoms with Gasteiger partial charge in [-0.1, -0.05) is 22.0 Å². The van der Waals surface area contributed by atoms with Gasteiger partial charge in [-0.05, 0) is 18.2 Å². The van der Waals surface area contributed by atoms with Crippen LogP contribution in [-0.4, -0.2) is 20.4 Å². The van der Waals surface area contributed by atoms with Gasteiger partial charge in [-0.15, -0.1) is 12.3 Å². The fourth-order valence-electron chi connectivity index (χ4n) is 1.21. The van der Waals surface area contributed by atoms with Crippen LogP contribution in [0.5, 0.6) is 0 Å². The van der Waals surface area contributed by atoms with Gasteiger partial charge in [0.25, 0.3) is 0 Å². The van der Waals surface area contributed by atoms with Gasteiger partial charge in [0.05, 0.1) is 4.90 Å². The van der Waals surface area contributed by atoms with Gasteiger partial charge in [-0.3, -0.25) is 4.79 Å². The smallest absolute Gasteiger partial charge is 0.241 e. The molecule has 7 heteroatoms. The molecule has 96 valence electrons. The van der Waals surface area contributed by atoms with Crippen molar-refractivity contribution < 1.29 is 13.2 Å². The third-order valence-electron chi connectivity index (χ3n) is 2.07. The normalized spacial score (nSPS) is 12.7. The van der Waals surface area contributed by atoms with E-state index in [2.05, 4.69) is 26.6 Å². The standard InChI is InChI=1S/C11H11BrN2O3S/c1-2-4-10(11(13)15)14-18(16,17)9-6-3-5-8(12)7-9/h1,3,5-7,10,14H,4H2,(H2,13,15)/t10-/m1/s1. The van der Waals surface area contributed by atoms with Crippen LogP contribution in [0.25, 0.3) is 0 Å². The van der Waals surface area contributed by atoms with Crippen LogP contribution >= 0.6 is 15.9 Å². The van der Waals surface area contributed by atoms with Crippen molar-refractivity contribution in [2.24, 2.45) is 5.73 Å². The molecule has 1 aromatic carbocycles. The molecule has 18 heavy (non-hydrogen) atoms. The van der Waals surface area contributed by atoms with Gasteiger partial charge >= 0.3 is 0 Å². The van der Waals surface area contributed by atoms with E-state index in [4.69, 9.17) is 12.2 Å². The van der Waals surface area contributed by atoms with E-state index in [1.807, 2.05) is 0 Å². The van der Waals surface area contributed by atoms with Crippen molar-refractivity contribution in [2.45, 2.75) is 17.4 Å². The molecular weight excluding hydrogens is 320 g/mol. The number of nitrogens with two attached hydrogens (primary N) is 1. The van der Waals surface area contributed by atoms with Crippen LogP contribution in [0.3, 0.4) is 0 Å². The average Bonchev–Trinajstić information content (AvgIpc) is 2.28. The zero-order valence-corrected chi connectivity index (χ0v) is 11.7. The van der Waals surface area contributed by atoms with Gasteiger partial charge < -0.3 is 5.73 Å². The highest BCUT2D eigenvalue weighted by Gasteiger charge is 2.23. The molecule has 0 saturated heterocycles. The lowest BCUT2D eigenvalue weighted by Crippen LogP contribution is -2.44. The fourth-order valence-corrected chi connectivity index (χ4v) is 3.01. The lowest BCUT2D eigenvalue weighted by atomic mass is 10.2. The Labute approximate surface area is 114 Å². The highest BCUT2D eigenvalue weighted by atomic mass is 79.9. The molecule has 1 aromatic rings. The molecule has 5 nitrogen and oxygen atoms in total. The highest BCUT2D eigenvalue weighted by Crippen LogP contribution is 2.16. The zero-order chi connectivity index (χ0) is 13.8. The second-order valence-electron chi connectivity index (χ2n) is 3.44. The second-order valence-corrected chi connectivity index (χ2v) is 6.07. The second kappa shape index (κ2) is 6.00. The Morgan fingerprint density at radius 1 is 1.56 bits per heavy atom. The molecular formula is C11H11BrN2O3S. The first kappa shape index (κ1) is 14.7. The maximum atomic E-state index is 12.0. The van der Waals surface area contributed by atoms with Crippen LogP contribution in [0.15, 0.2) is 33.6 Å². The summed E-state index contributed by atoms with van der Waals surface area (Å²) in [5.74, 6) is 1.38. The van der Waals surface area contributed by atoms with E-state index in [0.29, 0.717) is 4.47 Å². The summed E-state index contributed by atoms with van der Waals surface area (Å²) in [7, 11) is -3.83. The lowest BCUT2D eigenvalue weighted by Gasteiger charge is -2.13. The SMILES string of the molecule is C#CC[C@@H](NS(=O)(=O)c1cccc(Br)c1)C(N)=O. The number of nitrogens with one attached hydrogen (secondary N) is 1. The minimum Gasteiger partial charge on any atom is -0.368 e. The molecule has 0 aliphatic heterocycles. The maximum Gasteiger partial charge on any atom is 0.241 e. The summed E-state index contributed by atoms with van der Waals surface area (Å²) < 4.78 is 26.7.